The molecule has 0 bridgehead atoms. The van der Waals surface area contributed by atoms with E-state index >= 15 is 0 Å². The highest BCUT2D eigenvalue weighted by Gasteiger charge is 2.31. The molecule has 7 aromatic heterocycles. The smallest absolute Gasteiger partial charge is 0.408 e. The molecular formula is C70H70F3N15O10. The molecule has 0 saturated heterocycles. The maximum absolute atomic E-state index is 14.2. The van der Waals surface area contributed by atoms with Crippen LogP contribution in [0.15, 0.2) is 134 Å². The Balaban J connectivity index is 0.000000188. The highest BCUT2D eigenvalue weighted by molar-refractivity contribution is 6.13. The number of nitrogens with zero attached hydrogens (tertiary/aromatic N) is 9. The van der Waals surface area contributed by atoms with Crippen LogP contribution in [-0.4, -0.2) is 123 Å². The van der Waals surface area contributed by atoms with Crippen LogP contribution >= 0.6 is 0 Å². The molecule has 7 heterocycles. The quantitative estimate of drug-likeness (QED) is 0.0409. The van der Waals surface area contributed by atoms with Crippen molar-refractivity contribution in [2.75, 3.05) is 37.4 Å². The van der Waals surface area contributed by atoms with Crippen LogP contribution in [0.3, 0.4) is 0 Å². The predicted molar refractivity (Wildman–Crippen MR) is 359 cm³/mol. The van der Waals surface area contributed by atoms with Crippen molar-refractivity contribution < 1.29 is 61.9 Å². The third-order valence-electron chi connectivity index (χ3n) is 14.2. The molecule has 0 aliphatic heterocycles. The first-order chi connectivity index (χ1) is 46.6. The molecule has 4 amide bonds. The summed E-state index contributed by atoms with van der Waals surface area (Å²) in [4.78, 5) is 98.4. The van der Waals surface area contributed by atoms with Gasteiger partial charge in [-0.25, -0.2) is 52.5 Å². The number of hydrogen-bond donors (Lipinski definition) is 9. The number of carboxylic acids is 1. The molecule has 0 spiro atoms. The molecule has 98 heavy (non-hydrogen) atoms. The first-order valence-electron chi connectivity index (χ1n) is 30.5. The number of amides is 4. The first kappa shape index (κ1) is 72.0. The number of benzene rings is 3. The van der Waals surface area contributed by atoms with Crippen LogP contribution in [0.25, 0.3) is 66.5 Å². The van der Waals surface area contributed by atoms with E-state index in [0.717, 1.165) is 6.07 Å². The predicted octanol–water partition coefficient (Wildman–Crippen LogP) is 11.0. The number of nitrogens with two attached hydrogens (primary N) is 1. The van der Waals surface area contributed by atoms with Gasteiger partial charge in [0.1, 0.15) is 58.2 Å². The van der Waals surface area contributed by atoms with Crippen molar-refractivity contribution in [1.29, 1.82) is 5.26 Å². The second kappa shape index (κ2) is 31.6. The Morgan fingerprint density at radius 3 is 1.24 bits per heavy atom. The van der Waals surface area contributed by atoms with Gasteiger partial charge in [0.15, 0.2) is 0 Å². The van der Waals surface area contributed by atoms with Crippen LogP contribution in [0.4, 0.5) is 34.4 Å². The van der Waals surface area contributed by atoms with Gasteiger partial charge in [0.2, 0.25) is 0 Å². The summed E-state index contributed by atoms with van der Waals surface area (Å²) >= 11 is 0. The van der Waals surface area contributed by atoms with Crippen molar-refractivity contribution in [1.82, 2.24) is 61.1 Å². The summed E-state index contributed by atoms with van der Waals surface area (Å²) in [6.45, 7) is 15.1. The number of aromatic nitrogens is 8. The minimum atomic E-state index is -1.25. The van der Waals surface area contributed by atoms with Crippen LogP contribution in [0, 0.1) is 28.8 Å². The molecule has 0 unspecified atom stereocenters. The fourth-order valence-corrected chi connectivity index (χ4v) is 10.2. The van der Waals surface area contributed by atoms with Gasteiger partial charge in [-0.2, -0.15) is 5.26 Å². The van der Waals surface area contributed by atoms with Crippen LogP contribution in [0.5, 0.6) is 0 Å². The standard InChI is InChI=1S/C24H21FN8O2.C24H27FN4O4.C22H22FN3O4/c1-13(32-23-16(11-26)22(27)30-12-31-23)21-20(18-4-2-3-7-28-18)19(24(35)29-8-9-34)15-10-14(25)5-6-17(15)33-21;1-14(28-23(32)33-24(2,3)4)21-20(18-7-5-6-10-26-18)19(22(31)27-11-12-30)16-13-15(25)8-9-17(16)29-21;1-12(25-21(29)30-22(2,3)4)19-18(16-7-5-6-10-24-16)17(20(27)28)14-11-13(23)8-9-15(14)26-19/h2-7,10,12-13,34H,8-9H2,1H3,(H,29,35)(H3,27,30,31,32);5-10,13-14,30H,11-12H2,1-4H3,(H,27,31)(H,28,32);5-12H,1-4H3,(H,25,29)(H,27,28)/t13-;14-;12-/m000/s1. The van der Waals surface area contributed by atoms with Gasteiger partial charge in [-0.15, -0.1) is 0 Å². The zero-order chi connectivity index (χ0) is 71.2. The zero-order valence-corrected chi connectivity index (χ0v) is 54.7. The van der Waals surface area contributed by atoms with Crippen LogP contribution in [-0.2, 0) is 9.47 Å². The van der Waals surface area contributed by atoms with Gasteiger partial charge in [-0.1, -0.05) is 18.2 Å². The molecule has 10 rings (SSSR count). The second-order valence-corrected chi connectivity index (χ2v) is 23.8. The lowest BCUT2D eigenvalue weighted by atomic mass is 9.94. The summed E-state index contributed by atoms with van der Waals surface area (Å²) in [6.07, 6.45) is 4.58. The van der Waals surface area contributed by atoms with E-state index in [1.165, 1.54) is 61.1 Å². The number of nitrogens with one attached hydrogen (secondary N) is 5. The van der Waals surface area contributed by atoms with Gasteiger partial charge in [-0.05, 0) is 153 Å². The summed E-state index contributed by atoms with van der Waals surface area (Å²) in [5.74, 6) is -3.70. The maximum Gasteiger partial charge on any atom is 0.408 e. The molecular weight excluding hydrogens is 1270 g/mol. The fourth-order valence-electron chi connectivity index (χ4n) is 10.2. The van der Waals surface area contributed by atoms with Gasteiger partial charge < -0.3 is 57.1 Å². The second-order valence-electron chi connectivity index (χ2n) is 23.8. The lowest BCUT2D eigenvalue weighted by Crippen LogP contribution is -2.35. The van der Waals surface area contributed by atoms with Crippen molar-refractivity contribution in [2.45, 2.75) is 91.6 Å². The lowest BCUT2D eigenvalue weighted by Gasteiger charge is -2.24. The number of carbonyl (C=O) groups excluding carboxylic acids is 4. The minimum Gasteiger partial charge on any atom is -0.478 e. The molecule has 3 aromatic carbocycles. The highest BCUT2D eigenvalue weighted by Crippen LogP contribution is 2.39. The normalized spacial score (nSPS) is 12.1. The topological polar surface area (TPSA) is 378 Å². The van der Waals surface area contributed by atoms with E-state index in [-0.39, 0.29) is 76.8 Å². The molecule has 10 N–H and O–H groups in total. The number of hydrogen-bond acceptors (Lipinski definition) is 20. The SMILES string of the molecule is C[C@H](NC(=O)OC(C)(C)C)c1nc2ccc(F)cc2c(C(=O)NCCO)c1-c1ccccn1.C[C@H](NC(=O)OC(C)(C)C)c1nc2ccc(F)cc2c(C(=O)O)c1-c1ccccn1.C[C@H](Nc1ncnc(N)c1C#N)c1nc2ccc(F)cc2c(C(=O)NCCO)c1-c1ccccn1. The van der Waals surface area contributed by atoms with E-state index in [2.05, 4.69) is 61.5 Å². The summed E-state index contributed by atoms with van der Waals surface area (Å²) in [5, 5.41) is 52.4. The van der Waals surface area contributed by atoms with Gasteiger partial charge >= 0.3 is 18.2 Å². The van der Waals surface area contributed by atoms with Gasteiger partial charge in [0, 0.05) is 64.5 Å². The Morgan fingerprint density at radius 2 is 0.908 bits per heavy atom. The maximum atomic E-state index is 14.2. The number of rotatable bonds is 17. The Bertz CT molecular complexity index is 4640. The fraction of sp³-hybridized carbons (Fsp3) is 0.257. The number of aromatic carboxylic acids is 1. The molecule has 0 radical (unpaired) electrons. The first-order valence-corrected chi connectivity index (χ1v) is 30.5. The largest absolute Gasteiger partial charge is 0.478 e. The van der Waals surface area contributed by atoms with E-state index in [0.29, 0.717) is 66.9 Å². The number of ether oxygens (including phenoxy) is 2. The lowest BCUT2D eigenvalue weighted by molar-refractivity contribution is 0.0495. The third-order valence-corrected chi connectivity index (χ3v) is 14.2. The highest BCUT2D eigenvalue weighted by atomic mass is 19.1. The Morgan fingerprint density at radius 1 is 0.541 bits per heavy atom. The number of aliphatic hydroxyl groups excluding tert-OH is 2. The molecule has 3 atom stereocenters. The van der Waals surface area contributed by atoms with E-state index in [1.54, 1.807) is 129 Å². The molecule has 0 aliphatic carbocycles. The molecule has 28 heteroatoms. The number of carboxylic acid groups (broad SMARTS) is 1. The summed E-state index contributed by atoms with van der Waals surface area (Å²) in [7, 11) is 0. The van der Waals surface area contributed by atoms with Crippen LogP contribution < -0.4 is 32.3 Å². The zero-order valence-electron chi connectivity index (χ0n) is 54.7. The minimum absolute atomic E-state index is 0.00843. The van der Waals surface area contributed by atoms with E-state index in [1.807, 2.05) is 6.07 Å². The molecule has 10 aromatic rings. The van der Waals surface area contributed by atoms with Crippen molar-refractivity contribution in [2.24, 2.45) is 0 Å². The van der Waals surface area contributed by atoms with Crippen LogP contribution in [0.1, 0.15) is 134 Å². The van der Waals surface area contributed by atoms with E-state index in [4.69, 9.17) is 20.2 Å². The number of fused-ring (bicyclic) bond motifs is 3. The van der Waals surface area contributed by atoms with E-state index < -0.39 is 76.7 Å². The van der Waals surface area contributed by atoms with Crippen molar-refractivity contribution in [3.8, 4) is 39.8 Å². The Kier molecular flexibility index (Phi) is 23.2. The van der Waals surface area contributed by atoms with Crippen molar-refractivity contribution in [3.63, 3.8) is 0 Å². The molecule has 506 valence electrons. The van der Waals surface area contributed by atoms with E-state index in [9.17, 15) is 57.7 Å². The molecule has 0 saturated carbocycles. The summed E-state index contributed by atoms with van der Waals surface area (Å²) in [6, 6.07) is 27.1. The third kappa shape index (κ3) is 17.7. The molecule has 0 fully saturated rings. The number of nitrogen functional groups attached to an aromatic ring is 1. The Labute approximate surface area is 560 Å². The van der Waals surface area contributed by atoms with Gasteiger partial charge in [0.25, 0.3) is 11.8 Å². The number of pyridine rings is 6. The summed E-state index contributed by atoms with van der Waals surface area (Å²) in [5.41, 5.74) is 8.95. The van der Waals surface area contributed by atoms with Crippen molar-refractivity contribution in [3.05, 3.63) is 191 Å². The molecule has 25 nitrogen and oxygen atoms in total. The number of alkyl carbamates (subject to hydrolysis) is 2. The van der Waals surface area contributed by atoms with Crippen molar-refractivity contribution >= 4 is 74.3 Å². The van der Waals surface area contributed by atoms with Gasteiger partial charge in [0.05, 0.1) is 98.7 Å². The molecule has 0 aliphatic rings. The number of nitriles is 1. The number of aliphatic hydroxyl groups is 2. The monoisotopic (exact) mass is 1340 g/mol. The summed E-state index contributed by atoms with van der Waals surface area (Å²) < 4.78 is 53.0. The van der Waals surface area contributed by atoms with Gasteiger partial charge in [-0.3, -0.25) is 24.5 Å². The van der Waals surface area contributed by atoms with Crippen LogP contribution in [0.2, 0.25) is 0 Å². The average Bonchev–Trinajstić information content (AvgIpc) is 0.773. The average molecular weight is 1340 g/mol. The number of carbonyl (C=O) groups is 5. The number of anilines is 2. The number of halogens is 3. The Hall–Kier alpha value is -11.8.